The van der Waals surface area contributed by atoms with Crippen LogP contribution in [0.4, 0.5) is 0 Å². The maximum atomic E-state index is 12.8. The molecule has 2 fully saturated rings. The van der Waals surface area contributed by atoms with Crippen LogP contribution in [-0.4, -0.2) is 42.8 Å². The van der Waals surface area contributed by atoms with Gasteiger partial charge < -0.3 is 4.90 Å². The molecule has 4 nitrogen and oxygen atoms in total. The molecule has 1 aromatic rings. The number of hydrogen-bond acceptors (Lipinski definition) is 3. The van der Waals surface area contributed by atoms with Crippen molar-refractivity contribution in [2.45, 2.75) is 45.2 Å². The molecular weight excluding hydrogens is 286 g/mol. The largest absolute Gasteiger partial charge is 0.332 e. The lowest BCUT2D eigenvalue weighted by atomic mass is 10.0. The van der Waals surface area contributed by atoms with Crippen molar-refractivity contribution in [3.63, 3.8) is 0 Å². The molecule has 2 aliphatic rings. The second kappa shape index (κ2) is 5.13. The van der Waals surface area contributed by atoms with Gasteiger partial charge in [0.1, 0.15) is 0 Å². The summed E-state index contributed by atoms with van der Waals surface area (Å²) in [6, 6.07) is 5.81. The molecule has 5 heteroatoms. The van der Waals surface area contributed by atoms with E-state index in [1.54, 1.807) is 0 Å². The number of sulfone groups is 1. The lowest BCUT2D eigenvalue weighted by Gasteiger charge is -2.28. The third-order valence-electron chi connectivity index (χ3n) is 4.53. The minimum Gasteiger partial charge on any atom is -0.332 e. The molecule has 3 rings (SSSR count). The quantitative estimate of drug-likeness (QED) is 0.859. The predicted octanol–water partition coefficient (Wildman–Crippen LogP) is 2.10. The second-order valence-corrected chi connectivity index (χ2v) is 8.53. The van der Waals surface area contributed by atoms with Crippen molar-refractivity contribution >= 4 is 15.7 Å². The highest BCUT2D eigenvalue weighted by Gasteiger charge is 2.42. The molecule has 0 N–H and O–H groups in total. The maximum Gasteiger partial charge on any atom is 0.254 e. The molecule has 1 heterocycles. The van der Waals surface area contributed by atoms with Gasteiger partial charge in [-0.05, 0) is 56.4 Å². The smallest absolute Gasteiger partial charge is 0.254 e. The van der Waals surface area contributed by atoms with E-state index in [-0.39, 0.29) is 29.5 Å². The molecule has 21 heavy (non-hydrogen) atoms. The van der Waals surface area contributed by atoms with Gasteiger partial charge in [-0.3, -0.25) is 4.79 Å². The van der Waals surface area contributed by atoms with Gasteiger partial charge in [0.15, 0.2) is 9.84 Å². The standard InChI is InChI=1S/C16H21NO3S/c1-11-3-4-13(9-12(11)2)16(18)17(14-5-6-14)15-7-8-21(19,20)10-15/h3-4,9,14-15H,5-8,10H2,1-2H3. The molecule has 1 unspecified atom stereocenters. The van der Waals surface area contributed by atoms with Gasteiger partial charge in [-0.25, -0.2) is 8.42 Å². The summed E-state index contributed by atoms with van der Waals surface area (Å²) in [6.07, 6.45) is 2.57. The van der Waals surface area contributed by atoms with Gasteiger partial charge in [-0.1, -0.05) is 6.07 Å². The first-order valence-corrected chi connectivity index (χ1v) is 9.30. The van der Waals surface area contributed by atoms with E-state index in [2.05, 4.69) is 0 Å². The number of amides is 1. The van der Waals surface area contributed by atoms with E-state index in [4.69, 9.17) is 0 Å². The second-order valence-electron chi connectivity index (χ2n) is 6.30. The van der Waals surface area contributed by atoms with E-state index in [1.165, 1.54) is 0 Å². The zero-order chi connectivity index (χ0) is 15.2. The molecule has 1 aliphatic carbocycles. The Bertz CT molecular complexity index is 677. The Morgan fingerprint density at radius 3 is 2.33 bits per heavy atom. The molecule has 0 bridgehead atoms. The van der Waals surface area contributed by atoms with Crippen LogP contribution in [-0.2, 0) is 9.84 Å². The minimum absolute atomic E-state index is 0.0114. The molecular formula is C16H21NO3S. The van der Waals surface area contributed by atoms with Gasteiger partial charge in [0.05, 0.1) is 11.5 Å². The van der Waals surface area contributed by atoms with Crippen LogP contribution in [0.25, 0.3) is 0 Å². The van der Waals surface area contributed by atoms with Gasteiger partial charge in [0.2, 0.25) is 0 Å². The van der Waals surface area contributed by atoms with Gasteiger partial charge >= 0.3 is 0 Å². The normalized spacial score (nSPS) is 24.0. The fraction of sp³-hybridized carbons (Fsp3) is 0.562. The predicted molar refractivity (Wildman–Crippen MR) is 82.2 cm³/mol. The van der Waals surface area contributed by atoms with Crippen molar-refractivity contribution in [3.8, 4) is 0 Å². The van der Waals surface area contributed by atoms with Crippen LogP contribution >= 0.6 is 0 Å². The number of rotatable bonds is 3. The Hall–Kier alpha value is -1.36. The number of benzene rings is 1. The summed E-state index contributed by atoms with van der Waals surface area (Å²) in [6.45, 7) is 4.01. The fourth-order valence-electron chi connectivity index (χ4n) is 3.00. The van der Waals surface area contributed by atoms with E-state index in [0.717, 1.165) is 24.0 Å². The first kappa shape index (κ1) is 14.6. The van der Waals surface area contributed by atoms with E-state index in [0.29, 0.717) is 12.0 Å². The number of hydrogen-bond donors (Lipinski definition) is 0. The molecule has 1 aromatic carbocycles. The van der Waals surface area contributed by atoms with E-state index < -0.39 is 9.84 Å². The van der Waals surface area contributed by atoms with Crippen LogP contribution in [0, 0.1) is 13.8 Å². The Balaban J connectivity index is 1.87. The number of carbonyl (C=O) groups is 1. The molecule has 1 saturated carbocycles. The zero-order valence-corrected chi connectivity index (χ0v) is 13.3. The number of aryl methyl sites for hydroxylation is 2. The average Bonchev–Trinajstić information content (AvgIpc) is 3.17. The molecule has 1 saturated heterocycles. The molecule has 0 spiro atoms. The highest BCUT2D eigenvalue weighted by Crippen LogP contribution is 2.33. The summed E-state index contributed by atoms with van der Waals surface area (Å²) in [5, 5.41) is 0. The molecule has 1 amide bonds. The molecule has 1 aliphatic heterocycles. The Labute approximate surface area is 126 Å². The summed E-state index contributed by atoms with van der Waals surface area (Å²) >= 11 is 0. The topological polar surface area (TPSA) is 54.5 Å². The summed E-state index contributed by atoms with van der Waals surface area (Å²) in [5.74, 6) is 0.323. The highest BCUT2D eigenvalue weighted by molar-refractivity contribution is 7.91. The van der Waals surface area contributed by atoms with Crippen LogP contribution in [0.5, 0.6) is 0 Å². The summed E-state index contributed by atoms with van der Waals surface area (Å²) in [7, 11) is -2.97. The SMILES string of the molecule is Cc1ccc(C(=O)N(C2CC2)C2CCS(=O)(=O)C2)cc1C. The minimum atomic E-state index is -2.97. The van der Waals surface area contributed by atoms with E-state index in [1.807, 2.05) is 36.9 Å². The van der Waals surface area contributed by atoms with Crippen molar-refractivity contribution in [3.05, 3.63) is 34.9 Å². The number of carbonyl (C=O) groups excluding carboxylic acids is 1. The average molecular weight is 307 g/mol. The molecule has 0 radical (unpaired) electrons. The van der Waals surface area contributed by atoms with Crippen molar-refractivity contribution in [2.24, 2.45) is 0 Å². The monoisotopic (exact) mass is 307 g/mol. The summed E-state index contributed by atoms with van der Waals surface area (Å²) in [4.78, 5) is 14.7. The lowest BCUT2D eigenvalue weighted by molar-refractivity contribution is 0.0680. The molecule has 1 atom stereocenters. The summed E-state index contributed by atoms with van der Waals surface area (Å²) in [5.41, 5.74) is 2.93. The molecule has 114 valence electrons. The van der Waals surface area contributed by atoms with Crippen LogP contribution in [0.2, 0.25) is 0 Å². The Morgan fingerprint density at radius 1 is 1.10 bits per heavy atom. The van der Waals surface area contributed by atoms with Crippen molar-refractivity contribution in [1.82, 2.24) is 4.90 Å². The van der Waals surface area contributed by atoms with Gasteiger partial charge in [0.25, 0.3) is 5.91 Å². The third kappa shape index (κ3) is 2.98. The van der Waals surface area contributed by atoms with E-state index >= 15 is 0 Å². The van der Waals surface area contributed by atoms with Crippen molar-refractivity contribution in [1.29, 1.82) is 0 Å². The van der Waals surface area contributed by atoms with E-state index in [9.17, 15) is 13.2 Å². The number of nitrogens with zero attached hydrogens (tertiary/aromatic N) is 1. The maximum absolute atomic E-state index is 12.8. The van der Waals surface area contributed by atoms with Crippen molar-refractivity contribution in [2.75, 3.05) is 11.5 Å². The fourth-order valence-corrected chi connectivity index (χ4v) is 4.71. The highest BCUT2D eigenvalue weighted by atomic mass is 32.2. The molecule has 0 aromatic heterocycles. The van der Waals surface area contributed by atoms with Crippen LogP contribution in [0.3, 0.4) is 0 Å². The first-order valence-electron chi connectivity index (χ1n) is 7.48. The Kier molecular flexibility index (Phi) is 3.56. The first-order chi connectivity index (χ1) is 9.87. The lowest BCUT2D eigenvalue weighted by Crippen LogP contribution is -2.42. The Morgan fingerprint density at radius 2 is 1.81 bits per heavy atom. The van der Waals surface area contributed by atoms with Crippen molar-refractivity contribution < 1.29 is 13.2 Å². The zero-order valence-electron chi connectivity index (χ0n) is 12.5. The van der Waals surface area contributed by atoms with Gasteiger partial charge in [0, 0.05) is 17.6 Å². The third-order valence-corrected chi connectivity index (χ3v) is 6.28. The van der Waals surface area contributed by atoms with Crippen LogP contribution in [0.15, 0.2) is 18.2 Å². The summed E-state index contributed by atoms with van der Waals surface area (Å²) < 4.78 is 23.4. The van der Waals surface area contributed by atoms with Gasteiger partial charge in [-0.2, -0.15) is 0 Å². The van der Waals surface area contributed by atoms with Crippen LogP contribution in [0.1, 0.15) is 40.7 Å². The van der Waals surface area contributed by atoms with Crippen LogP contribution < -0.4 is 0 Å². The van der Waals surface area contributed by atoms with Gasteiger partial charge in [-0.15, -0.1) is 0 Å².